The molecule has 0 radical (unpaired) electrons. The van der Waals surface area contributed by atoms with E-state index in [0.29, 0.717) is 19.6 Å². The third-order valence-corrected chi connectivity index (χ3v) is 6.63. The Hall–Kier alpha value is -1.03. The molecule has 3 fully saturated rings. The van der Waals surface area contributed by atoms with Crippen molar-refractivity contribution in [3.8, 4) is 0 Å². The molecule has 2 saturated heterocycles. The van der Waals surface area contributed by atoms with Crippen molar-refractivity contribution >= 4 is 5.97 Å². The van der Waals surface area contributed by atoms with Gasteiger partial charge in [-0.05, 0) is 40.0 Å². The number of epoxide rings is 2. The van der Waals surface area contributed by atoms with Crippen LogP contribution in [0.15, 0.2) is 11.6 Å². The lowest BCUT2D eigenvalue weighted by molar-refractivity contribution is -0.171. The van der Waals surface area contributed by atoms with Gasteiger partial charge in [-0.3, -0.25) is 4.79 Å². The molecule has 1 spiro atoms. The first-order valence-corrected chi connectivity index (χ1v) is 10.7. The number of carbonyl (C=O) groups is 1. The molecule has 0 aromatic carbocycles. The smallest absolute Gasteiger partial charge is 0.320 e. The summed E-state index contributed by atoms with van der Waals surface area (Å²) < 4.78 is 34.1. The minimum atomic E-state index is -0.403. The van der Waals surface area contributed by atoms with E-state index >= 15 is 0 Å². The topological polar surface area (TPSA) is 91.1 Å². The first-order chi connectivity index (χ1) is 14.3. The van der Waals surface area contributed by atoms with Crippen LogP contribution in [0.2, 0.25) is 0 Å². The zero-order valence-electron chi connectivity index (χ0n) is 19.1. The van der Waals surface area contributed by atoms with Crippen molar-refractivity contribution in [1.29, 1.82) is 0 Å². The van der Waals surface area contributed by atoms with E-state index < -0.39 is 6.29 Å². The van der Waals surface area contributed by atoms with Gasteiger partial charge in [0.25, 0.3) is 0 Å². The van der Waals surface area contributed by atoms with E-state index in [1.54, 1.807) is 21.3 Å². The van der Waals surface area contributed by atoms with Gasteiger partial charge in [0, 0.05) is 27.9 Å². The summed E-state index contributed by atoms with van der Waals surface area (Å²) in [5.74, 6) is -0.293. The van der Waals surface area contributed by atoms with Crippen LogP contribution in [0.5, 0.6) is 0 Å². The SMILES string of the molecule is COC(CNCC(=O)O[C@@H]1CC[C@]2(CO2)[C@@H]([C@]2(C)O[C@@H]2CC=C(C)C)[C@@H]1OC)OC. The molecule has 1 aliphatic carbocycles. The second-order valence-corrected chi connectivity index (χ2v) is 8.94. The minimum Gasteiger partial charge on any atom is -0.459 e. The van der Waals surface area contributed by atoms with E-state index in [-0.39, 0.29) is 47.9 Å². The van der Waals surface area contributed by atoms with Crippen molar-refractivity contribution in [1.82, 2.24) is 5.32 Å². The van der Waals surface area contributed by atoms with Crippen LogP contribution in [0.25, 0.3) is 0 Å². The third kappa shape index (κ3) is 5.06. The van der Waals surface area contributed by atoms with Gasteiger partial charge in [-0.15, -0.1) is 0 Å². The monoisotopic (exact) mass is 427 g/mol. The Morgan fingerprint density at radius 3 is 2.53 bits per heavy atom. The number of hydrogen-bond acceptors (Lipinski definition) is 8. The maximum Gasteiger partial charge on any atom is 0.320 e. The fourth-order valence-electron chi connectivity index (χ4n) is 4.84. The van der Waals surface area contributed by atoms with Crippen molar-refractivity contribution in [3.63, 3.8) is 0 Å². The van der Waals surface area contributed by atoms with Crippen LogP contribution in [0, 0.1) is 5.92 Å². The van der Waals surface area contributed by atoms with E-state index in [9.17, 15) is 4.79 Å². The Bertz CT molecular complexity index is 627. The molecule has 0 amide bonds. The molecule has 0 aromatic heterocycles. The molecular formula is C22H37NO7. The first kappa shape index (κ1) is 23.6. The molecule has 30 heavy (non-hydrogen) atoms. The van der Waals surface area contributed by atoms with Gasteiger partial charge in [0.15, 0.2) is 6.29 Å². The fourth-order valence-corrected chi connectivity index (χ4v) is 4.84. The maximum absolute atomic E-state index is 12.4. The van der Waals surface area contributed by atoms with Gasteiger partial charge in [0.1, 0.15) is 23.4 Å². The lowest BCUT2D eigenvalue weighted by Crippen LogP contribution is -2.56. The quantitative estimate of drug-likeness (QED) is 0.231. The average Bonchev–Trinajstić information content (AvgIpc) is 3.62. The van der Waals surface area contributed by atoms with E-state index in [1.807, 2.05) is 0 Å². The van der Waals surface area contributed by atoms with Crippen molar-refractivity contribution in [2.45, 2.75) is 75.8 Å². The predicted octanol–water partition coefficient (Wildman–Crippen LogP) is 1.81. The molecule has 0 aromatic rings. The highest BCUT2D eigenvalue weighted by Gasteiger charge is 2.72. The highest BCUT2D eigenvalue weighted by molar-refractivity contribution is 5.71. The average molecular weight is 428 g/mol. The zero-order valence-corrected chi connectivity index (χ0v) is 19.1. The van der Waals surface area contributed by atoms with Crippen molar-refractivity contribution in [3.05, 3.63) is 11.6 Å². The third-order valence-electron chi connectivity index (χ3n) is 6.63. The molecule has 3 rings (SSSR count). The number of allylic oxidation sites excluding steroid dienone is 1. The van der Waals surface area contributed by atoms with Crippen LogP contribution in [0.1, 0.15) is 40.0 Å². The Balaban J connectivity index is 1.61. The summed E-state index contributed by atoms with van der Waals surface area (Å²) in [5, 5.41) is 3.01. The molecule has 6 atom stereocenters. The van der Waals surface area contributed by atoms with Gasteiger partial charge >= 0.3 is 5.97 Å². The predicted molar refractivity (Wildman–Crippen MR) is 110 cm³/mol. The molecule has 172 valence electrons. The number of methoxy groups -OCH3 is 3. The highest BCUT2D eigenvalue weighted by atomic mass is 16.7. The lowest BCUT2D eigenvalue weighted by Gasteiger charge is -2.42. The zero-order chi connectivity index (χ0) is 21.9. The van der Waals surface area contributed by atoms with Crippen molar-refractivity contribution < 1.29 is 33.2 Å². The Morgan fingerprint density at radius 2 is 1.97 bits per heavy atom. The van der Waals surface area contributed by atoms with Crippen LogP contribution in [0.3, 0.4) is 0 Å². The van der Waals surface area contributed by atoms with Gasteiger partial charge in [0.2, 0.25) is 0 Å². The molecule has 2 heterocycles. The molecule has 0 unspecified atom stereocenters. The van der Waals surface area contributed by atoms with E-state index in [0.717, 1.165) is 12.8 Å². The number of carbonyl (C=O) groups excluding carboxylic acids is 1. The lowest BCUT2D eigenvalue weighted by atomic mass is 9.68. The summed E-state index contributed by atoms with van der Waals surface area (Å²) in [5.41, 5.74) is 0.720. The van der Waals surface area contributed by atoms with Crippen LogP contribution in [0.4, 0.5) is 0 Å². The molecule has 1 saturated carbocycles. The summed E-state index contributed by atoms with van der Waals surface area (Å²) >= 11 is 0. The van der Waals surface area contributed by atoms with Crippen LogP contribution in [-0.2, 0) is 33.2 Å². The summed E-state index contributed by atoms with van der Waals surface area (Å²) in [7, 11) is 4.79. The normalized spacial score (nSPS) is 37.3. The number of esters is 1. The summed E-state index contributed by atoms with van der Waals surface area (Å²) in [6.45, 7) is 7.52. The number of nitrogens with one attached hydrogen (secondary N) is 1. The molecule has 8 heteroatoms. The number of hydrogen-bond donors (Lipinski definition) is 1. The molecular weight excluding hydrogens is 390 g/mol. The van der Waals surface area contributed by atoms with Crippen LogP contribution >= 0.6 is 0 Å². The molecule has 1 N–H and O–H groups in total. The summed E-state index contributed by atoms with van der Waals surface area (Å²) in [6, 6.07) is 0. The number of rotatable bonds is 11. The highest BCUT2D eigenvalue weighted by Crippen LogP contribution is 2.59. The van der Waals surface area contributed by atoms with Crippen LogP contribution < -0.4 is 5.32 Å². The van der Waals surface area contributed by atoms with Gasteiger partial charge in [0.05, 0.1) is 25.2 Å². The standard InChI is InChI=1S/C22H37NO7/c1-14(2)7-8-16-21(3,30-16)20-19(27-6)15(9-10-22(20)13-28-22)29-17(24)11-23-12-18(25-4)26-5/h7,15-16,18-20,23H,8-13H2,1-6H3/t15-,16-,19-,20-,21-,22+/m1/s1. The maximum atomic E-state index is 12.4. The summed E-state index contributed by atoms with van der Waals surface area (Å²) in [6.07, 6.45) is 3.77. The molecule has 3 aliphatic rings. The minimum absolute atomic E-state index is 0.0245. The van der Waals surface area contributed by atoms with E-state index in [4.69, 9.17) is 28.4 Å². The van der Waals surface area contributed by atoms with Gasteiger partial charge in [-0.2, -0.15) is 0 Å². The van der Waals surface area contributed by atoms with Gasteiger partial charge in [-0.1, -0.05) is 11.6 Å². The van der Waals surface area contributed by atoms with E-state index in [2.05, 4.69) is 32.2 Å². The van der Waals surface area contributed by atoms with Crippen molar-refractivity contribution in [2.75, 3.05) is 41.0 Å². The van der Waals surface area contributed by atoms with E-state index in [1.165, 1.54) is 5.57 Å². The Labute approximate surface area is 179 Å². The largest absolute Gasteiger partial charge is 0.459 e. The number of ether oxygens (including phenoxy) is 6. The first-order valence-electron chi connectivity index (χ1n) is 10.7. The molecule has 2 aliphatic heterocycles. The van der Waals surface area contributed by atoms with Gasteiger partial charge in [-0.25, -0.2) is 0 Å². The summed E-state index contributed by atoms with van der Waals surface area (Å²) in [4.78, 5) is 12.4. The van der Waals surface area contributed by atoms with Crippen molar-refractivity contribution in [2.24, 2.45) is 5.92 Å². The Kier molecular flexibility index (Phi) is 7.58. The second-order valence-electron chi connectivity index (χ2n) is 8.94. The van der Waals surface area contributed by atoms with Crippen LogP contribution in [-0.4, -0.2) is 82.8 Å². The second kappa shape index (κ2) is 9.63. The molecule has 8 nitrogen and oxygen atoms in total. The van der Waals surface area contributed by atoms with Gasteiger partial charge < -0.3 is 33.7 Å². The fraction of sp³-hybridized carbons (Fsp3) is 0.864. The Morgan fingerprint density at radius 1 is 1.27 bits per heavy atom. The molecule has 0 bridgehead atoms.